The Hall–Kier alpha value is -1.26. The van der Waals surface area contributed by atoms with Crippen LogP contribution >= 0.6 is 0 Å². The molecular weight excluding hydrogens is 254 g/mol. The van der Waals surface area contributed by atoms with Crippen LogP contribution in [0.5, 0.6) is 11.5 Å². The molecule has 0 spiro atoms. The number of hydrogen-bond acceptors (Lipinski definition) is 4. The molecule has 1 aliphatic heterocycles. The molecule has 1 heterocycles. The van der Waals surface area contributed by atoms with Crippen molar-refractivity contribution in [3.05, 3.63) is 23.8 Å². The van der Waals surface area contributed by atoms with Gasteiger partial charge in [-0.05, 0) is 43.4 Å². The topological polar surface area (TPSA) is 50.7 Å². The van der Waals surface area contributed by atoms with Crippen LogP contribution in [0.25, 0.3) is 0 Å². The molecule has 3 atom stereocenters. The summed E-state index contributed by atoms with van der Waals surface area (Å²) in [5, 5.41) is 13.2. The summed E-state index contributed by atoms with van der Waals surface area (Å²) in [6.45, 7) is 2.77. The van der Waals surface area contributed by atoms with E-state index in [2.05, 4.69) is 24.4 Å². The van der Waals surface area contributed by atoms with Gasteiger partial charge < -0.3 is 19.9 Å². The molecule has 0 amide bonds. The van der Waals surface area contributed by atoms with Gasteiger partial charge in [-0.15, -0.1) is 0 Å². The summed E-state index contributed by atoms with van der Waals surface area (Å²) in [7, 11) is 0. The summed E-state index contributed by atoms with van der Waals surface area (Å²) in [4.78, 5) is 0. The maximum atomic E-state index is 9.50. The molecule has 3 unspecified atom stereocenters. The maximum Gasteiger partial charge on any atom is 0.231 e. The molecule has 2 aliphatic rings. The highest BCUT2D eigenvalue weighted by Gasteiger charge is 2.26. The third kappa shape index (κ3) is 2.76. The van der Waals surface area contributed by atoms with Gasteiger partial charge in [0.05, 0.1) is 0 Å². The first-order valence-electron chi connectivity index (χ1n) is 7.54. The molecule has 3 rings (SSSR count). The second-order valence-electron chi connectivity index (χ2n) is 5.83. The molecule has 1 fully saturated rings. The van der Waals surface area contributed by atoms with E-state index >= 15 is 0 Å². The number of rotatable bonds is 4. The van der Waals surface area contributed by atoms with Crippen LogP contribution in [0.15, 0.2) is 18.2 Å². The molecule has 0 saturated heterocycles. The van der Waals surface area contributed by atoms with Crippen molar-refractivity contribution in [3.8, 4) is 11.5 Å². The van der Waals surface area contributed by atoms with Gasteiger partial charge in [0.1, 0.15) is 0 Å². The molecule has 4 nitrogen and oxygen atoms in total. The smallest absolute Gasteiger partial charge is 0.231 e. The van der Waals surface area contributed by atoms with Crippen LogP contribution in [-0.4, -0.2) is 24.5 Å². The van der Waals surface area contributed by atoms with E-state index in [0.717, 1.165) is 24.3 Å². The standard InChI is InChI=1S/C16H23NO3/c1-11(17-14-5-3-2-4-13(14)9-18)12-6-7-15-16(8-12)20-10-19-15/h6-8,11,13-14,17-18H,2-5,9-10H2,1H3. The molecule has 110 valence electrons. The van der Waals surface area contributed by atoms with Crippen LogP contribution < -0.4 is 14.8 Å². The molecule has 0 radical (unpaired) electrons. The first kappa shape index (κ1) is 13.7. The molecule has 20 heavy (non-hydrogen) atoms. The number of hydrogen-bond donors (Lipinski definition) is 2. The van der Waals surface area contributed by atoms with Crippen molar-refractivity contribution in [2.45, 2.75) is 44.7 Å². The zero-order valence-corrected chi connectivity index (χ0v) is 12.0. The van der Waals surface area contributed by atoms with Crippen LogP contribution in [0.4, 0.5) is 0 Å². The van der Waals surface area contributed by atoms with Crippen molar-refractivity contribution in [2.75, 3.05) is 13.4 Å². The minimum atomic E-state index is 0.252. The highest BCUT2D eigenvalue weighted by molar-refractivity contribution is 5.45. The van der Waals surface area contributed by atoms with E-state index < -0.39 is 0 Å². The second kappa shape index (κ2) is 6.02. The fourth-order valence-corrected chi connectivity index (χ4v) is 3.25. The Labute approximate surface area is 120 Å². The molecule has 0 aromatic heterocycles. The van der Waals surface area contributed by atoms with E-state index in [0.29, 0.717) is 18.8 Å². The normalized spacial score (nSPS) is 26.5. The van der Waals surface area contributed by atoms with E-state index in [-0.39, 0.29) is 12.6 Å². The summed E-state index contributed by atoms with van der Waals surface area (Å²) in [6.07, 6.45) is 4.77. The van der Waals surface area contributed by atoms with Crippen LogP contribution in [0.1, 0.15) is 44.2 Å². The lowest BCUT2D eigenvalue weighted by atomic mass is 9.84. The van der Waals surface area contributed by atoms with E-state index in [1.807, 2.05) is 6.07 Å². The Kier molecular flexibility index (Phi) is 4.13. The van der Waals surface area contributed by atoms with Crippen molar-refractivity contribution in [1.82, 2.24) is 5.32 Å². The largest absolute Gasteiger partial charge is 0.454 e. The van der Waals surface area contributed by atoms with E-state index in [1.165, 1.54) is 18.4 Å². The SMILES string of the molecule is CC(NC1CCCCC1CO)c1ccc2c(c1)OCO2. The van der Waals surface area contributed by atoms with Gasteiger partial charge in [0, 0.05) is 18.7 Å². The van der Waals surface area contributed by atoms with Gasteiger partial charge >= 0.3 is 0 Å². The molecule has 4 heteroatoms. The van der Waals surface area contributed by atoms with Gasteiger partial charge in [-0.1, -0.05) is 18.9 Å². The predicted octanol–water partition coefficient (Wildman–Crippen LogP) is 2.62. The summed E-state index contributed by atoms with van der Waals surface area (Å²) in [6, 6.07) is 6.77. The third-order valence-corrected chi connectivity index (χ3v) is 4.50. The van der Waals surface area contributed by atoms with E-state index in [4.69, 9.17) is 9.47 Å². The predicted molar refractivity (Wildman–Crippen MR) is 76.9 cm³/mol. The Morgan fingerprint density at radius 3 is 2.90 bits per heavy atom. The van der Waals surface area contributed by atoms with Crippen molar-refractivity contribution in [3.63, 3.8) is 0 Å². The van der Waals surface area contributed by atoms with Gasteiger partial charge in [0.25, 0.3) is 0 Å². The fraction of sp³-hybridized carbons (Fsp3) is 0.625. The van der Waals surface area contributed by atoms with Gasteiger partial charge in [-0.25, -0.2) is 0 Å². The number of ether oxygens (including phenoxy) is 2. The molecule has 1 aromatic carbocycles. The number of fused-ring (bicyclic) bond motifs is 1. The van der Waals surface area contributed by atoms with Gasteiger partial charge in [0.2, 0.25) is 6.79 Å². The second-order valence-corrected chi connectivity index (χ2v) is 5.83. The van der Waals surface area contributed by atoms with Crippen molar-refractivity contribution in [2.24, 2.45) is 5.92 Å². The summed E-state index contributed by atoms with van der Waals surface area (Å²) in [5.41, 5.74) is 1.21. The lowest BCUT2D eigenvalue weighted by molar-refractivity contribution is 0.147. The summed E-state index contributed by atoms with van der Waals surface area (Å²) < 4.78 is 10.8. The van der Waals surface area contributed by atoms with Crippen LogP contribution in [-0.2, 0) is 0 Å². The lowest BCUT2D eigenvalue weighted by Crippen LogP contribution is -2.41. The average Bonchev–Trinajstić information content (AvgIpc) is 2.95. The molecule has 0 bridgehead atoms. The van der Waals surface area contributed by atoms with Crippen molar-refractivity contribution >= 4 is 0 Å². The quantitative estimate of drug-likeness (QED) is 0.888. The first-order chi connectivity index (χ1) is 9.78. The Balaban J connectivity index is 1.67. The molecule has 2 N–H and O–H groups in total. The maximum absolute atomic E-state index is 9.50. The first-order valence-corrected chi connectivity index (χ1v) is 7.54. The zero-order chi connectivity index (χ0) is 13.9. The van der Waals surface area contributed by atoms with Crippen LogP contribution in [0.3, 0.4) is 0 Å². The number of nitrogens with one attached hydrogen (secondary N) is 1. The van der Waals surface area contributed by atoms with E-state index in [1.54, 1.807) is 0 Å². The average molecular weight is 277 g/mol. The Morgan fingerprint density at radius 2 is 2.05 bits per heavy atom. The third-order valence-electron chi connectivity index (χ3n) is 4.50. The minimum Gasteiger partial charge on any atom is -0.454 e. The molecule has 1 aromatic rings. The summed E-state index contributed by atoms with van der Waals surface area (Å²) in [5.74, 6) is 2.05. The highest BCUT2D eigenvalue weighted by Crippen LogP contribution is 2.34. The minimum absolute atomic E-state index is 0.252. The van der Waals surface area contributed by atoms with Gasteiger partial charge in [-0.2, -0.15) is 0 Å². The number of benzene rings is 1. The lowest BCUT2D eigenvalue weighted by Gasteiger charge is -2.33. The van der Waals surface area contributed by atoms with Crippen LogP contribution in [0, 0.1) is 5.92 Å². The molecular formula is C16H23NO3. The Bertz CT molecular complexity index is 463. The number of aliphatic hydroxyl groups excluding tert-OH is 1. The zero-order valence-electron chi connectivity index (χ0n) is 12.0. The van der Waals surface area contributed by atoms with Crippen molar-refractivity contribution in [1.29, 1.82) is 0 Å². The van der Waals surface area contributed by atoms with Crippen molar-refractivity contribution < 1.29 is 14.6 Å². The fourth-order valence-electron chi connectivity index (χ4n) is 3.25. The monoisotopic (exact) mass is 277 g/mol. The van der Waals surface area contributed by atoms with Gasteiger partial charge in [0.15, 0.2) is 11.5 Å². The summed E-state index contributed by atoms with van der Waals surface area (Å²) >= 11 is 0. The van der Waals surface area contributed by atoms with E-state index in [9.17, 15) is 5.11 Å². The Morgan fingerprint density at radius 1 is 1.25 bits per heavy atom. The molecule has 1 saturated carbocycles. The molecule has 1 aliphatic carbocycles. The van der Waals surface area contributed by atoms with Gasteiger partial charge in [-0.3, -0.25) is 0 Å². The highest BCUT2D eigenvalue weighted by atomic mass is 16.7. The van der Waals surface area contributed by atoms with Crippen LogP contribution in [0.2, 0.25) is 0 Å². The number of aliphatic hydroxyl groups is 1.